The van der Waals surface area contributed by atoms with E-state index in [-0.39, 0.29) is 0 Å². The molecule has 2 rings (SSSR count). The third-order valence-electron chi connectivity index (χ3n) is 3.91. The molecule has 20 heavy (non-hydrogen) atoms. The van der Waals surface area contributed by atoms with Crippen LogP contribution in [0.2, 0.25) is 0 Å². The number of likely N-dealkylation sites (tertiary alicyclic amines) is 1. The van der Waals surface area contributed by atoms with Crippen LogP contribution in [0.1, 0.15) is 24.1 Å². The molecule has 1 N–H and O–H groups in total. The highest BCUT2D eigenvalue weighted by atomic mass is 19.4. The van der Waals surface area contributed by atoms with E-state index in [1.807, 2.05) is 24.9 Å². The van der Waals surface area contributed by atoms with Crippen LogP contribution in [0.15, 0.2) is 6.20 Å². The minimum atomic E-state index is -4.09. The first-order valence-electron chi connectivity index (χ1n) is 6.85. The molecule has 0 aliphatic carbocycles. The van der Waals surface area contributed by atoms with E-state index < -0.39 is 12.7 Å². The highest BCUT2D eigenvalue weighted by Crippen LogP contribution is 2.20. The van der Waals surface area contributed by atoms with Crippen LogP contribution in [0.25, 0.3) is 0 Å². The summed E-state index contributed by atoms with van der Waals surface area (Å²) in [7, 11) is 1.90. The third kappa shape index (κ3) is 4.21. The van der Waals surface area contributed by atoms with E-state index in [2.05, 4.69) is 10.4 Å². The van der Waals surface area contributed by atoms with E-state index in [4.69, 9.17) is 0 Å². The molecule has 0 radical (unpaired) electrons. The lowest BCUT2D eigenvalue weighted by atomic mass is 10.0. The van der Waals surface area contributed by atoms with Crippen molar-refractivity contribution >= 4 is 0 Å². The van der Waals surface area contributed by atoms with Crippen molar-refractivity contribution in [2.24, 2.45) is 7.05 Å². The van der Waals surface area contributed by atoms with Gasteiger partial charge in [-0.1, -0.05) is 0 Å². The van der Waals surface area contributed by atoms with Crippen LogP contribution in [-0.4, -0.2) is 46.5 Å². The van der Waals surface area contributed by atoms with Crippen LogP contribution >= 0.6 is 0 Å². The molecule has 0 spiro atoms. The molecule has 1 fully saturated rings. The zero-order valence-corrected chi connectivity index (χ0v) is 11.9. The molecule has 0 bridgehead atoms. The molecule has 1 saturated heterocycles. The lowest BCUT2D eigenvalue weighted by molar-refractivity contribution is -0.148. The normalized spacial score (nSPS) is 18.6. The summed E-state index contributed by atoms with van der Waals surface area (Å²) in [4.78, 5) is 1.48. The molecule has 1 aromatic heterocycles. The Morgan fingerprint density at radius 1 is 1.35 bits per heavy atom. The molecule has 0 atom stereocenters. The average Bonchev–Trinajstić information content (AvgIpc) is 2.68. The number of aromatic nitrogens is 2. The Morgan fingerprint density at radius 2 is 2.00 bits per heavy atom. The summed E-state index contributed by atoms with van der Waals surface area (Å²) < 4.78 is 38.7. The number of hydrogen-bond acceptors (Lipinski definition) is 3. The van der Waals surface area contributed by atoms with Crippen LogP contribution in [0.3, 0.4) is 0 Å². The van der Waals surface area contributed by atoms with Crippen LogP contribution < -0.4 is 5.32 Å². The number of alkyl halides is 3. The molecule has 1 aromatic rings. The van der Waals surface area contributed by atoms with Crippen LogP contribution in [0.5, 0.6) is 0 Å². The smallest absolute Gasteiger partial charge is 0.310 e. The van der Waals surface area contributed by atoms with Gasteiger partial charge >= 0.3 is 6.18 Å². The van der Waals surface area contributed by atoms with Crippen molar-refractivity contribution in [1.29, 1.82) is 0 Å². The van der Waals surface area contributed by atoms with Gasteiger partial charge in [-0.05, 0) is 32.9 Å². The SMILES string of the molecule is Cc1c(CNC2CCN(CC(F)(F)F)CC2)cnn1C. The summed E-state index contributed by atoms with van der Waals surface area (Å²) in [6, 6.07) is 0.291. The summed E-state index contributed by atoms with van der Waals surface area (Å²) in [5.74, 6) is 0. The molecule has 0 saturated carbocycles. The van der Waals surface area contributed by atoms with Crippen molar-refractivity contribution < 1.29 is 13.2 Å². The van der Waals surface area contributed by atoms with Gasteiger partial charge in [0.25, 0.3) is 0 Å². The highest BCUT2D eigenvalue weighted by Gasteiger charge is 2.32. The number of nitrogens with one attached hydrogen (secondary N) is 1. The highest BCUT2D eigenvalue weighted by molar-refractivity contribution is 5.15. The number of rotatable bonds is 4. The molecule has 1 aliphatic heterocycles. The summed E-state index contributed by atoms with van der Waals surface area (Å²) in [5, 5.41) is 7.59. The molecule has 4 nitrogen and oxygen atoms in total. The Kier molecular flexibility index (Phi) is 4.70. The second-order valence-corrected chi connectivity index (χ2v) is 5.43. The van der Waals surface area contributed by atoms with Crippen molar-refractivity contribution in [3.8, 4) is 0 Å². The Hall–Kier alpha value is -1.08. The van der Waals surface area contributed by atoms with Gasteiger partial charge in [-0.15, -0.1) is 0 Å². The summed E-state index contributed by atoms with van der Waals surface area (Å²) in [5.41, 5.74) is 2.26. The Balaban J connectivity index is 1.73. The predicted octanol–water partition coefficient (Wildman–Crippen LogP) is 1.84. The minimum absolute atomic E-state index is 0.291. The predicted molar refractivity (Wildman–Crippen MR) is 70.3 cm³/mol. The average molecular weight is 290 g/mol. The van der Waals surface area contributed by atoms with Gasteiger partial charge < -0.3 is 5.32 Å². The number of aryl methyl sites for hydroxylation is 1. The lowest BCUT2D eigenvalue weighted by Crippen LogP contribution is -2.45. The largest absolute Gasteiger partial charge is 0.401 e. The van der Waals surface area contributed by atoms with Crippen LogP contribution in [-0.2, 0) is 13.6 Å². The monoisotopic (exact) mass is 290 g/mol. The molecule has 114 valence electrons. The number of nitrogens with zero attached hydrogens (tertiary/aromatic N) is 3. The molecular weight excluding hydrogens is 269 g/mol. The maximum Gasteiger partial charge on any atom is 0.401 e. The van der Waals surface area contributed by atoms with Crippen molar-refractivity contribution in [1.82, 2.24) is 20.0 Å². The topological polar surface area (TPSA) is 33.1 Å². The fraction of sp³-hybridized carbons (Fsp3) is 0.769. The first-order chi connectivity index (χ1) is 9.35. The van der Waals surface area contributed by atoms with Crippen molar-refractivity contribution in [3.63, 3.8) is 0 Å². The molecular formula is C13H21F3N4. The summed E-state index contributed by atoms with van der Waals surface area (Å²) in [6.07, 6.45) is -0.737. The van der Waals surface area contributed by atoms with Gasteiger partial charge in [0, 0.05) is 30.9 Å². The fourth-order valence-corrected chi connectivity index (χ4v) is 2.52. The van der Waals surface area contributed by atoms with Gasteiger partial charge in [-0.3, -0.25) is 9.58 Å². The molecule has 2 heterocycles. The van der Waals surface area contributed by atoms with Crippen molar-refractivity contribution in [2.45, 2.75) is 38.5 Å². The third-order valence-corrected chi connectivity index (χ3v) is 3.91. The number of piperidine rings is 1. The van der Waals surface area contributed by atoms with Gasteiger partial charge in [0.2, 0.25) is 0 Å². The standard InChI is InChI=1S/C13H21F3N4/c1-10-11(8-18-19(10)2)7-17-12-3-5-20(6-4-12)9-13(14,15)16/h8,12,17H,3-7,9H2,1-2H3. The maximum atomic E-state index is 12.3. The Bertz CT molecular complexity index is 433. The van der Waals surface area contributed by atoms with E-state index in [0.29, 0.717) is 19.1 Å². The quantitative estimate of drug-likeness (QED) is 0.918. The second kappa shape index (κ2) is 6.13. The van der Waals surface area contributed by atoms with Gasteiger partial charge in [0.05, 0.1) is 12.7 Å². The minimum Gasteiger partial charge on any atom is -0.310 e. The molecule has 0 aromatic carbocycles. The van der Waals surface area contributed by atoms with Crippen molar-refractivity contribution in [2.75, 3.05) is 19.6 Å². The molecule has 0 amide bonds. The Labute approximate surface area is 116 Å². The van der Waals surface area contributed by atoms with Crippen molar-refractivity contribution in [3.05, 3.63) is 17.5 Å². The zero-order chi connectivity index (χ0) is 14.8. The maximum absolute atomic E-state index is 12.3. The number of hydrogen-bond donors (Lipinski definition) is 1. The molecule has 7 heteroatoms. The summed E-state index contributed by atoms with van der Waals surface area (Å²) >= 11 is 0. The fourth-order valence-electron chi connectivity index (χ4n) is 2.52. The number of halogens is 3. The van der Waals surface area contributed by atoms with Gasteiger partial charge in [0.1, 0.15) is 0 Å². The molecule has 1 aliphatic rings. The van der Waals surface area contributed by atoms with E-state index in [1.165, 1.54) is 4.90 Å². The van der Waals surface area contributed by atoms with Gasteiger partial charge in [-0.2, -0.15) is 18.3 Å². The molecule has 0 unspecified atom stereocenters. The zero-order valence-electron chi connectivity index (χ0n) is 11.9. The summed E-state index contributed by atoms with van der Waals surface area (Å²) in [6.45, 7) is 2.95. The van der Waals surface area contributed by atoms with Crippen LogP contribution in [0.4, 0.5) is 13.2 Å². The van der Waals surface area contributed by atoms with E-state index in [9.17, 15) is 13.2 Å². The van der Waals surface area contributed by atoms with Gasteiger partial charge in [-0.25, -0.2) is 0 Å². The first kappa shape index (κ1) is 15.3. The van der Waals surface area contributed by atoms with Gasteiger partial charge in [0.15, 0.2) is 0 Å². The van der Waals surface area contributed by atoms with Crippen LogP contribution in [0, 0.1) is 6.92 Å². The second-order valence-electron chi connectivity index (χ2n) is 5.43. The lowest BCUT2D eigenvalue weighted by Gasteiger charge is -2.32. The Morgan fingerprint density at radius 3 is 2.50 bits per heavy atom. The van der Waals surface area contributed by atoms with E-state index >= 15 is 0 Å². The first-order valence-corrected chi connectivity index (χ1v) is 6.85. The van der Waals surface area contributed by atoms with E-state index in [1.54, 1.807) is 0 Å². The van der Waals surface area contributed by atoms with E-state index in [0.717, 1.165) is 30.6 Å².